The number of halogens is 1. The number of hydrogen-bond acceptors (Lipinski definition) is 4. The van der Waals surface area contributed by atoms with Crippen LogP contribution in [0.3, 0.4) is 0 Å². The molecule has 23 heavy (non-hydrogen) atoms. The molecule has 2 rings (SSSR count). The summed E-state index contributed by atoms with van der Waals surface area (Å²) < 4.78 is 22.9. The van der Waals surface area contributed by atoms with Gasteiger partial charge in [-0.1, -0.05) is 0 Å². The van der Waals surface area contributed by atoms with Crippen molar-refractivity contribution >= 4 is 28.2 Å². The van der Waals surface area contributed by atoms with Crippen LogP contribution in [0.2, 0.25) is 0 Å². The van der Waals surface area contributed by atoms with E-state index in [2.05, 4.69) is 5.32 Å². The maximum Gasteiger partial charge on any atom is 0.253 e. The number of piperidine rings is 1. The lowest BCUT2D eigenvalue weighted by Crippen LogP contribution is -2.38. The average molecular weight is 361 g/mol. The quantitative estimate of drug-likeness (QED) is 0.871. The van der Waals surface area contributed by atoms with E-state index in [0.29, 0.717) is 11.5 Å². The zero-order valence-electron chi connectivity index (χ0n) is 13.6. The summed E-state index contributed by atoms with van der Waals surface area (Å²) in [7, 11) is -1.26. The number of hydrogen-bond donors (Lipinski definition) is 1. The first-order valence-corrected chi connectivity index (χ1v) is 9.55. The van der Waals surface area contributed by atoms with E-state index in [4.69, 9.17) is 0 Å². The van der Waals surface area contributed by atoms with E-state index in [1.165, 1.54) is 18.4 Å². The highest BCUT2D eigenvalue weighted by Crippen LogP contribution is 2.22. The van der Waals surface area contributed by atoms with Gasteiger partial charge in [-0.05, 0) is 63.0 Å². The van der Waals surface area contributed by atoms with Gasteiger partial charge in [0.05, 0.1) is 4.90 Å². The van der Waals surface area contributed by atoms with Gasteiger partial charge in [-0.15, -0.1) is 12.4 Å². The molecule has 0 unspecified atom stereocenters. The molecule has 1 amide bonds. The molecular formula is C16H25ClN2O3S. The maximum absolute atomic E-state index is 12.4. The number of rotatable bonds is 5. The van der Waals surface area contributed by atoms with Crippen LogP contribution in [0.1, 0.15) is 29.6 Å². The Kier molecular flexibility index (Phi) is 7.51. The second-order valence-electron chi connectivity index (χ2n) is 5.92. The molecule has 1 aliphatic rings. The number of nitrogens with zero attached hydrogens (tertiary/aromatic N) is 1. The van der Waals surface area contributed by atoms with Crippen molar-refractivity contribution in [3.63, 3.8) is 0 Å². The van der Waals surface area contributed by atoms with Crippen LogP contribution in [0.25, 0.3) is 0 Å². The van der Waals surface area contributed by atoms with Crippen LogP contribution in [0.15, 0.2) is 29.2 Å². The Hall–Kier alpha value is -1.11. The molecule has 5 nitrogen and oxygen atoms in total. The van der Waals surface area contributed by atoms with Crippen LogP contribution >= 0.6 is 12.4 Å². The molecule has 1 fully saturated rings. The van der Waals surface area contributed by atoms with Crippen LogP contribution in [0.5, 0.6) is 0 Å². The van der Waals surface area contributed by atoms with Crippen LogP contribution in [-0.4, -0.2) is 52.2 Å². The minimum atomic E-state index is -3.22. The molecule has 1 aromatic rings. The molecule has 0 spiro atoms. The average Bonchev–Trinajstić information content (AvgIpc) is 2.52. The van der Waals surface area contributed by atoms with Gasteiger partial charge in [0.1, 0.15) is 0 Å². The second kappa shape index (κ2) is 8.66. The fraction of sp³-hybridized carbons (Fsp3) is 0.562. The van der Waals surface area contributed by atoms with Gasteiger partial charge in [-0.25, -0.2) is 8.42 Å². The van der Waals surface area contributed by atoms with Gasteiger partial charge in [0, 0.05) is 24.9 Å². The number of amides is 1. The van der Waals surface area contributed by atoms with E-state index in [0.717, 1.165) is 38.9 Å². The Labute approximate surface area is 144 Å². The minimum Gasteiger partial charge on any atom is -0.339 e. The third kappa shape index (κ3) is 5.48. The lowest BCUT2D eigenvalue weighted by atomic mass is 9.93. The van der Waals surface area contributed by atoms with Crippen molar-refractivity contribution in [2.45, 2.75) is 24.2 Å². The van der Waals surface area contributed by atoms with Crippen molar-refractivity contribution in [1.82, 2.24) is 10.2 Å². The van der Waals surface area contributed by atoms with Gasteiger partial charge in [0.15, 0.2) is 9.84 Å². The van der Waals surface area contributed by atoms with Crippen molar-refractivity contribution < 1.29 is 13.2 Å². The summed E-state index contributed by atoms with van der Waals surface area (Å²) in [5.74, 6) is 0.677. The van der Waals surface area contributed by atoms with E-state index in [1.807, 2.05) is 11.9 Å². The molecule has 0 aromatic heterocycles. The lowest BCUT2D eigenvalue weighted by Gasteiger charge is -2.32. The Morgan fingerprint density at radius 1 is 1.22 bits per heavy atom. The summed E-state index contributed by atoms with van der Waals surface area (Å²) in [6.07, 6.45) is 4.39. The number of carbonyl (C=O) groups excluding carboxylic acids is 1. The SMILES string of the molecule is CNCCC1CCN(C(=O)c2ccc(S(C)(=O)=O)cc2)CC1.Cl. The highest BCUT2D eigenvalue weighted by molar-refractivity contribution is 7.90. The summed E-state index contributed by atoms with van der Waals surface area (Å²) in [6.45, 7) is 2.58. The third-order valence-corrected chi connectivity index (χ3v) is 5.36. The van der Waals surface area contributed by atoms with Crippen molar-refractivity contribution in [1.29, 1.82) is 0 Å². The van der Waals surface area contributed by atoms with Gasteiger partial charge in [-0.3, -0.25) is 4.79 Å². The first-order chi connectivity index (χ1) is 10.4. The molecule has 1 saturated heterocycles. The zero-order valence-corrected chi connectivity index (χ0v) is 15.3. The molecule has 0 aliphatic carbocycles. The van der Waals surface area contributed by atoms with E-state index in [-0.39, 0.29) is 23.2 Å². The van der Waals surface area contributed by atoms with Gasteiger partial charge in [-0.2, -0.15) is 0 Å². The Morgan fingerprint density at radius 3 is 2.26 bits per heavy atom. The van der Waals surface area contributed by atoms with Gasteiger partial charge in [0.2, 0.25) is 0 Å². The fourth-order valence-electron chi connectivity index (χ4n) is 2.80. The molecule has 1 aromatic carbocycles. The summed E-state index contributed by atoms with van der Waals surface area (Å²) >= 11 is 0. The van der Waals surface area contributed by atoms with Crippen molar-refractivity contribution in [3.8, 4) is 0 Å². The molecular weight excluding hydrogens is 336 g/mol. The monoisotopic (exact) mass is 360 g/mol. The molecule has 130 valence electrons. The number of likely N-dealkylation sites (tertiary alicyclic amines) is 1. The predicted octanol–water partition coefficient (Wildman–Crippen LogP) is 1.97. The van der Waals surface area contributed by atoms with Gasteiger partial charge in [0.25, 0.3) is 5.91 Å². The summed E-state index contributed by atoms with van der Waals surface area (Å²) in [6, 6.07) is 6.21. The smallest absolute Gasteiger partial charge is 0.253 e. The summed E-state index contributed by atoms with van der Waals surface area (Å²) in [5.41, 5.74) is 0.557. The van der Waals surface area contributed by atoms with E-state index in [1.54, 1.807) is 12.1 Å². The highest BCUT2D eigenvalue weighted by Gasteiger charge is 2.23. The topological polar surface area (TPSA) is 66.5 Å². The Morgan fingerprint density at radius 2 is 1.78 bits per heavy atom. The molecule has 0 saturated carbocycles. The standard InChI is InChI=1S/C16H24N2O3S.ClH/c1-17-10-7-13-8-11-18(12-9-13)16(19)14-3-5-15(6-4-14)22(2,20)21;/h3-6,13,17H,7-12H2,1-2H3;1H. The second-order valence-corrected chi connectivity index (χ2v) is 7.94. The van der Waals surface area contributed by atoms with Gasteiger partial charge >= 0.3 is 0 Å². The van der Waals surface area contributed by atoms with E-state index >= 15 is 0 Å². The number of sulfone groups is 1. The first kappa shape index (κ1) is 19.9. The zero-order chi connectivity index (χ0) is 16.2. The van der Waals surface area contributed by atoms with Crippen LogP contribution in [0.4, 0.5) is 0 Å². The van der Waals surface area contributed by atoms with Crippen LogP contribution in [0, 0.1) is 5.92 Å². The van der Waals surface area contributed by atoms with E-state index < -0.39 is 9.84 Å². The van der Waals surface area contributed by atoms with Gasteiger partial charge < -0.3 is 10.2 Å². The van der Waals surface area contributed by atoms with Crippen molar-refractivity contribution in [2.24, 2.45) is 5.92 Å². The molecule has 1 N–H and O–H groups in total. The Balaban J connectivity index is 0.00000264. The fourth-order valence-corrected chi connectivity index (χ4v) is 3.43. The third-order valence-electron chi connectivity index (χ3n) is 4.23. The molecule has 0 bridgehead atoms. The number of nitrogens with one attached hydrogen (secondary N) is 1. The largest absolute Gasteiger partial charge is 0.339 e. The minimum absolute atomic E-state index is 0. The Bertz CT molecular complexity index is 609. The van der Waals surface area contributed by atoms with E-state index in [9.17, 15) is 13.2 Å². The molecule has 0 atom stereocenters. The summed E-state index contributed by atoms with van der Waals surface area (Å²) in [5, 5.41) is 3.16. The first-order valence-electron chi connectivity index (χ1n) is 7.66. The highest BCUT2D eigenvalue weighted by atomic mass is 35.5. The van der Waals surface area contributed by atoms with Crippen molar-refractivity contribution in [2.75, 3.05) is 32.9 Å². The molecule has 7 heteroatoms. The molecule has 1 aliphatic heterocycles. The predicted molar refractivity (Wildman–Crippen MR) is 94.0 cm³/mol. The molecule has 1 heterocycles. The maximum atomic E-state index is 12.4. The normalized spacial score (nSPS) is 16.0. The lowest BCUT2D eigenvalue weighted by molar-refractivity contribution is 0.0687. The summed E-state index contributed by atoms with van der Waals surface area (Å²) in [4.78, 5) is 14.6. The van der Waals surface area contributed by atoms with Crippen LogP contribution in [-0.2, 0) is 9.84 Å². The number of carbonyl (C=O) groups is 1. The van der Waals surface area contributed by atoms with Crippen molar-refractivity contribution in [3.05, 3.63) is 29.8 Å². The molecule has 0 radical (unpaired) electrons. The van der Waals surface area contributed by atoms with Crippen LogP contribution < -0.4 is 5.32 Å². The number of benzene rings is 1.